The van der Waals surface area contributed by atoms with Crippen LogP contribution in [0.3, 0.4) is 0 Å². The molecule has 6 heteroatoms. The summed E-state index contributed by atoms with van der Waals surface area (Å²) in [6.45, 7) is 2.17. The predicted molar refractivity (Wildman–Crippen MR) is 84.7 cm³/mol. The van der Waals surface area contributed by atoms with Gasteiger partial charge in [-0.1, -0.05) is 47.8 Å². The first-order valence-corrected chi connectivity index (χ1v) is 8.21. The van der Waals surface area contributed by atoms with E-state index in [1.54, 1.807) is 12.1 Å². The Labute approximate surface area is 132 Å². The lowest BCUT2D eigenvalue weighted by molar-refractivity contribution is -0.385. The molecule has 114 valence electrons. The zero-order valence-electron chi connectivity index (χ0n) is 12.0. The van der Waals surface area contributed by atoms with Crippen LogP contribution in [-0.4, -0.2) is 21.7 Å². The molecule has 5 nitrogen and oxygen atoms in total. The molecular formula is C15H19BrN2O3. The second-order valence-electron chi connectivity index (χ2n) is 5.84. The highest BCUT2D eigenvalue weighted by molar-refractivity contribution is 9.09. The molecule has 0 saturated heterocycles. The van der Waals surface area contributed by atoms with E-state index in [9.17, 15) is 14.9 Å². The zero-order chi connectivity index (χ0) is 15.5. The first-order valence-electron chi connectivity index (χ1n) is 7.09. The van der Waals surface area contributed by atoms with Gasteiger partial charge in [-0.15, -0.1) is 0 Å². The lowest BCUT2D eigenvalue weighted by Gasteiger charge is -2.39. The van der Waals surface area contributed by atoms with Crippen LogP contribution < -0.4 is 5.32 Å². The summed E-state index contributed by atoms with van der Waals surface area (Å²) in [6, 6.07) is 6.07. The van der Waals surface area contributed by atoms with Crippen LogP contribution in [-0.2, 0) is 0 Å². The van der Waals surface area contributed by atoms with Crippen LogP contribution in [0.25, 0.3) is 0 Å². The second-order valence-corrected chi connectivity index (χ2v) is 6.40. The lowest BCUT2D eigenvalue weighted by Crippen LogP contribution is -2.52. The number of nitro benzene ring substituents is 1. The van der Waals surface area contributed by atoms with Crippen molar-refractivity contribution in [3.05, 3.63) is 39.9 Å². The average molecular weight is 355 g/mol. The Balaban J connectivity index is 2.22. The maximum absolute atomic E-state index is 12.5. The Hall–Kier alpha value is -1.43. The third-order valence-electron chi connectivity index (χ3n) is 4.07. The number of nitrogens with one attached hydrogen (secondary N) is 1. The van der Waals surface area contributed by atoms with E-state index in [0.29, 0.717) is 11.2 Å². The topological polar surface area (TPSA) is 72.2 Å². The van der Waals surface area contributed by atoms with Gasteiger partial charge >= 0.3 is 0 Å². The Morgan fingerprint density at radius 3 is 2.86 bits per heavy atom. The van der Waals surface area contributed by atoms with E-state index in [1.807, 2.05) is 0 Å². The quantitative estimate of drug-likeness (QED) is 0.509. The molecule has 0 aliphatic heterocycles. The Kier molecular flexibility index (Phi) is 4.98. The normalized spacial score (nSPS) is 25.3. The van der Waals surface area contributed by atoms with Gasteiger partial charge in [-0.25, -0.2) is 0 Å². The van der Waals surface area contributed by atoms with Crippen LogP contribution in [0.1, 0.15) is 43.0 Å². The van der Waals surface area contributed by atoms with E-state index >= 15 is 0 Å². The molecule has 0 radical (unpaired) electrons. The molecule has 0 spiro atoms. The number of carbonyl (C=O) groups is 1. The molecule has 2 rings (SSSR count). The van der Waals surface area contributed by atoms with Crippen molar-refractivity contribution < 1.29 is 9.72 Å². The number of halogens is 1. The highest BCUT2D eigenvalue weighted by atomic mass is 79.9. The van der Waals surface area contributed by atoms with Crippen molar-refractivity contribution in [3.63, 3.8) is 0 Å². The smallest absolute Gasteiger partial charge is 0.282 e. The molecule has 1 aromatic carbocycles. The number of rotatable bonds is 4. The first kappa shape index (κ1) is 15.9. The molecule has 1 aliphatic rings. The number of amides is 1. The molecule has 21 heavy (non-hydrogen) atoms. The molecule has 2 unspecified atom stereocenters. The standard InChI is InChI=1S/C15H19BrN2O3/c1-11-5-4-8-15(9-11,10-16)17-14(19)12-6-2-3-7-13(12)18(20)21/h2-3,6-7,11H,4-5,8-10H2,1H3,(H,17,19). The summed E-state index contributed by atoms with van der Waals surface area (Å²) in [7, 11) is 0. The van der Waals surface area contributed by atoms with Crippen LogP contribution in [0.4, 0.5) is 5.69 Å². The van der Waals surface area contributed by atoms with Gasteiger partial charge in [0.25, 0.3) is 11.6 Å². The third-order valence-corrected chi connectivity index (χ3v) is 5.14. The molecule has 1 aliphatic carbocycles. The molecular weight excluding hydrogens is 336 g/mol. The maximum Gasteiger partial charge on any atom is 0.282 e. The van der Waals surface area contributed by atoms with Crippen molar-refractivity contribution in [1.29, 1.82) is 0 Å². The van der Waals surface area contributed by atoms with E-state index in [0.717, 1.165) is 25.7 Å². The van der Waals surface area contributed by atoms with Crippen molar-refractivity contribution in [2.24, 2.45) is 5.92 Å². The third kappa shape index (κ3) is 3.61. The van der Waals surface area contributed by atoms with Crippen LogP contribution >= 0.6 is 15.9 Å². The van der Waals surface area contributed by atoms with E-state index in [1.165, 1.54) is 12.1 Å². The summed E-state index contributed by atoms with van der Waals surface area (Å²) < 4.78 is 0. The maximum atomic E-state index is 12.5. The fourth-order valence-electron chi connectivity index (χ4n) is 3.06. The molecule has 0 aromatic heterocycles. The summed E-state index contributed by atoms with van der Waals surface area (Å²) in [5.41, 5.74) is -0.331. The molecule has 1 N–H and O–H groups in total. The van der Waals surface area contributed by atoms with Gasteiger partial charge in [-0.2, -0.15) is 0 Å². The van der Waals surface area contributed by atoms with Crippen LogP contribution in [0.5, 0.6) is 0 Å². The number of nitrogens with zero attached hydrogens (tertiary/aromatic N) is 1. The number of para-hydroxylation sites is 1. The number of nitro groups is 1. The molecule has 0 heterocycles. The van der Waals surface area contributed by atoms with Gasteiger partial charge in [0, 0.05) is 11.4 Å². The second kappa shape index (κ2) is 6.56. The summed E-state index contributed by atoms with van der Waals surface area (Å²) >= 11 is 3.50. The van der Waals surface area contributed by atoms with Gasteiger partial charge < -0.3 is 5.32 Å². The average Bonchev–Trinajstić information content (AvgIpc) is 2.47. The van der Waals surface area contributed by atoms with Crippen molar-refractivity contribution in [2.75, 3.05) is 5.33 Å². The van der Waals surface area contributed by atoms with Crippen molar-refractivity contribution in [2.45, 2.75) is 38.1 Å². The van der Waals surface area contributed by atoms with Crippen molar-refractivity contribution in [3.8, 4) is 0 Å². The van der Waals surface area contributed by atoms with Crippen LogP contribution in [0.15, 0.2) is 24.3 Å². The monoisotopic (exact) mass is 354 g/mol. The van der Waals surface area contributed by atoms with Gasteiger partial charge in [0.2, 0.25) is 0 Å². The fourth-order valence-corrected chi connectivity index (χ4v) is 3.71. The van der Waals surface area contributed by atoms with E-state index in [4.69, 9.17) is 0 Å². The summed E-state index contributed by atoms with van der Waals surface area (Å²) in [4.78, 5) is 23.0. The van der Waals surface area contributed by atoms with Gasteiger partial charge in [-0.3, -0.25) is 14.9 Å². The molecule has 1 saturated carbocycles. The Morgan fingerprint density at radius 2 is 2.24 bits per heavy atom. The minimum Gasteiger partial charge on any atom is -0.346 e. The predicted octanol–water partition coefficient (Wildman–Crippen LogP) is 3.67. The van der Waals surface area contributed by atoms with E-state index in [-0.39, 0.29) is 22.7 Å². The highest BCUT2D eigenvalue weighted by Crippen LogP contribution is 2.34. The molecule has 1 fully saturated rings. The fraction of sp³-hybridized carbons (Fsp3) is 0.533. The van der Waals surface area contributed by atoms with Crippen LogP contribution in [0.2, 0.25) is 0 Å². The minimum atomic E-state index is -0.515. The molecule has 2 atom stereocenters. The zero-order valence-corrected chi connectivity index (χ0v) is 13.6. The molecule has 1 aromatic rings. The van der Waals surface area contributed by atoms with Gasteiger partial charge in [0.15, 0.2) is 0 Å². The number of benzene rings is 1. The van der Waals surface area contributed by atoms with E-state index in [2.05, 4.69) is 28.2 Å². The largest absolute Gasteiger partial charge is 0.346 e. The minimum absolute atomic E-state index is 0.126. The first-order chi connectivity index (χ1) is 9.97. The van der Waals surface area contributed by atoms with E-state index < -0.39 is 4.92 Å². The van der Waals surface area contributed by atoms with Gasteiger partial charge in [-0.05, 0) is 24.8 Å². The molecule has 1 amide bonds. The summed E-state index contributed by atoms with van der Waals surface area (Å²) in [5.74, 6) is 0.179. The number of alkyl halides is 1. The van der Waals surface area contributed by atoms with Gasteiger partial charge in [0.05, 0.1) is 10.5 Å². The van der Waals surface area contributed by atoms with Crippen molar-refractivity contribution in [1.82, 2.24) is 5.32 Å². The number of hydrogen-bond donors (Lipinski definition) is 1. The summed E-state index contributed by atoms with van der Waals surface area (Å²) in [5, 5.41) is 14.7. The Bertz CT molecular complexity index is 549. The highest BCUT2D eigenvalue weighted by Gasteiger charge is 2.36. The molecule has 0 bridgehead atoms. The number of hydrogen-bond acceptors (Lipinski definition) is 3. The lowest BCUT2D eigenvalue weighted by atomic mass is 9.77. The van der Waals surface area contributed by atoms with Gasteiger partial charge in [0.1, 0.15) is 5.56 Å². The number of carbonyl (C=O) groups excluding carboxylic acids is 1. The van der Waals surface area contributed by atoms with Crippen molar-refractivity contribution >= 4 is 27.5 Å². The Morgan fingerprint density at radius 1 is 1.52 bits per heavy atom. The summed E-state index contributed by atoms with van der Waals surface area (Å²) in [6.07, 6.45) is 4.01. The van der Waals surface area contributed by atoms with Crippen LogP contribution in [0, 0.1) is 16.0 Å². The SMILES string of the molecule is CC1CCCC(CBr)(NC(=O)c2ccccc2[N+](=O)[O-])C1.